The minimum absolute atomic E-state index is 0.0161. The predicted molar refractivity (Wildman–Crippen MR) is 122 cm³/mol. The van der Waals surface area contributed by atoms with Crippen molar-refractivity contribution in [2.45, 2.75) is 31.1 Å². The minimum atomic E-state index is -3.83. The van der Waals surface area contributed by atoms with Gasteiger partial charge in [0.25, 0.3) is 6.43 Å². The van der Waals surface area contributed by atoms with Gasteiger partial charge in [0.2, 0.25) is 15.9 Å². The molecule has 0 fully saturated rings. The number of alkyl halides is 2. The van der Waals surface area contributed by atoms with Crippen LogP contribution in [0.4, 0.5) is 14.5 Å². The van der Waals surface area contributed by atoms with Gasteiger partial charge in [0, 0.05) is 11.3 Å². The Morgan fingerprint density at radius 1 is 1.12 bits per heavy atom. The molecule has 0 atom stereocenters. The second-order valence-electron chi connectivity index (χ2n) is 7.40. The van der Waals surface area contributed by atoms with E-state index < -0.39 is 16.4 Å². The fourth-order valence-corrected chi connectivity index (χ4v) is 3.73. The van der Waals surface area contributed by atoms with Crippen molar-refractivity contribution in [1.29, 1.82) is 5.26 Å². The number of carbonyl (C=O) groups excluding carboxylic acids is 1. The van der Waals surface area contributed by atoms with Crippen molar-refractivity contribution in [3.8, 4) is 17.6 Å². The maximum Gasteiger partial charge on any atom is 0.264 e. The Morgan fingerprint density at radius 3 is 2.41 bits per heavy atom. The zero-order valence-corrected chi connectivity index (χ0v) is 18.9. The molecule has 3 aromatic rings. The first kappa shape index (κ1) is 24.8. The lowest BCUT2D eigenvalue weighted by Gasteiger charge is -2.14. The lowest BCUT2D eigenvalue weighted by molar-refractivity contribution is -0.115. The van der Waals surface area contributed by atoms with E-state index >= 15 is 0 Å². The smallest absolute Gasteiger partial charge is 0.264 e. The molecule has 3 rings (SSSR count). The number of primary sulfonamides is 1. The molecule has 176 valence electrons. The fraction of sp³-hybridized carbons (Fsp3) is 0.167. The summed E-state index contributed by atoms with van der Waals surface area (Å²) in [6, 6.07) is 16.1. The van der Waals surface area contributed by atoms with E-state index in [2.05, 4.69) is 5.32 Å². The molecule has 0 aliphatic heterocycles. The summed E-state index contributed by atoms with van der Waals surface area (Å²) in [5, 5.41) is 16.9. The van der Waals surface area contributed by atoms with Gasteiger partial charge in [0.1, 0.15) is 11.5 Å². The predicted octanol–water partition coefficient (Wildman–Crippen LogP) is 4.68. The van der Waals surface area contributed by atoms with E-state index in [4.69, 9.17) is 15.1 Å². The van der Waals surface area contributed by atoms with E-state index in [9.17, 15) is 22.0 Å². The Hall–Kier alpha value is -3.81. The largest absolute Gasteiger partial charge is 0.457 e. The maximum atomic E-state index is 13.2. The highest BCUT2D eigenvalue weighted by Gasteiger charge is 2.14. The molecule has 0 aromatic heterocycles. The van der Waals surface area contributed by atoms with Crippen molar-refractivity contribution in [2.75, 3.05) is 5.32 Å². The maximum absolute atomic E-state index is 13.2. The molecule has 0 spiro atoms. The number of ether oxygens (including phenoxy) is 1. The molecule has 3 N–H and O–H groups in total. The molecule has 34 heavy (non-hydrogen) atoms. The molecule has 7 nitrogen and oxygen atoms in total. The number of rotatable bonds is 8. The second-order valence-corrected chi connectivity index (χ2v) is 8.96. The molecule has 0 heterocycles. The van der Waals surface area contributed by atoms with Crippen molar-refractivity contribution >= 4 is 21.6 Å². The van der Waals surface area contributed by atoms with Gasteiger partial charge in [-0.3, -0.25) is 4.79 Å². The van der Waals surface area contributed by atoms with Crippen LogP contribution < -0.4 is 15.2 Å². The average molecular weight is 486 g/mol. The van der Waals surface area contributed by atoms with Gasteiger partial charge in [-0.1, -0.05) is 19.1 Å². The first-order valence-corrected chi connectivity index (χ1v) is 11.7. The number of anilines is 1. The molecule has 0 bridgehead atoms. The highest BCUT2D eigenvalue weighted by molar-refractivity contribution is 7.89. The van der Waals surface area contributed by atoms with Crippen LogP contribution in [0.5, 0.6) is 11.5 Å². The molecule has 10 heteroatoms. The fourth-order valence-electron chi connectivity index (χ4n) is 3.21. The van der Waals surface area contributed by atoms with Gasteiger partial charge in [0.15, 0.2) is 0 Å². The van der Waals surface area contributed by atoms with Crippen LogP contribution in [-0.2, 0) is 27.7 Å². The lowest BCUT2D eigenvalue weighted by Crippen LogP contribution is -2.15. The summed E-state index contributed by atoms with van der Waals surface area (Å²) in [6.07, 6.45) is -2.18. The van der Waals surface area contributed by atoms with Crippen LogP contribution >= 0.6 is 0 Å². The average Bonchev–Trinajstić information content (AvgIpc) is 2.78. The summed E-state index contributed by atoms with van der Waals surface area (Å²) < 4.78 is 54.8. The number of sulfonamides is 1. The summed E-state index contributed by atoms with van der Waals surface area (Å²) in [6.45, 7) is 1.90. The van der Waals surface area contributed by atoms with Crippen LogP contribution in [0.15, 0.2) is 65.6 Å². The zero-order valence-electron chi connectivity index (χ0n) is 18.1. The number of aryl methyl sites for hydroxylation is 1. The van der Waals surface area contributed by atoms with E-state index in [-0.39, 0.29) is 34.1 Å². The Bertz CT molecular complexity index is 1350. The quantitative estimate of drug-likeness (QED) is 0.480. The summed E-state index contributed by atoms with van der Waals surface area (Å²) in [5.41, 5.74) is 1.53. The SMILES string of the molecule is CCc1ccc(CC(=O)Nc2ccc(S(N)(=O)=O)cc2)cc1Oc1cc(C#N)cc(C(F)F)c1. The normalized spacial score (nSPS) is 11.2. The van der Waals surface area contributed by atoms with Crippen molar-refractivity contribution in [2.24, 2.45) is 5.14 Å². The Balaban J connectivity index is 1.78. The van der Waals surface area contributed by atoms with Crippen molar-refractivity contribution in [3.05, 3.63) is 82.9 Å². The summed E-state index contributed by atoms with van der Waals surface area (Å²) in [7, 11) is -3.83. The number of nitrogens with two attached hydrogens (primary N) is 1. The monoisotopic (exact) mass is 485 g/mol. The van der Waals surface area contributed by atoms with Crippen molar-refractivity contribution in [1.82, 2.24) is 0 Å². The first-order chi connectivity index (χ1) is 16.1. The van der Waals surface area contributed by atoms with Crippen molar-refractivity contribution < 1.29 is 26.7 Å². The summed E-state index contributed by atoms with van der Waals surface area (Å²) >= 11 is 0. The molecule has 3 aromatic carbocycles. The van der Waals surface area contributed by atoms with Crippen LogP contribution in [0.3, 0.4) is 0 Å². The molecule has 1 amide bonds. The number of amides is 1. The minimum Gasteiger partial charge on any atom is -0.457 e. The summed E-state index contributed by atoms with van der Waals surface area (Å²) in [4.78, 5) is 12.4. The third kappa shape index (κ3) is 6.37. The Labute approximate surface area is 195 Å². The first-order valence-electron chi connectivity index (χ1n) is 10.1. The molecule has 0 unspecified atom stereocenters. The van der Waals surface area contributed by atoms with E-state index in [0.717, 1.165) is 11.6 Å². The van der Waals surface area contributed by atoms with E-state index in [1.807, 2.05) is 13.0 Å². The molecule has 0 saturated heterocycles. The highest BCUT2D eigenvalue weighted by atomic mass is 32.2. The lowest BCUT2D eigenvalue weighted by atomic mass is 10.1. The van der Waals surface area contributed by atoms with Gasteiger partial charge in [-0.15, -0.1) is 0 Å². The van der Waals surface area contributed by atoms with Gasteiger partial charge >= 0.3 is 0 Å². The topological polar surface area (TPSA) is 122 Å². The molecule has 0 saturated carbocycles. The number of nitrogens with zero attached hydrogens (tertiary/aromatic N) is 1. The molecule has 0 radical (unpaired) electrons. The van der Waals surface area contributed by atoms with E-state index in [1.54, 1.807) is 18.2 Å². The van der Waals surface area contributed by atoms with Gasteiger partial charge in [-0.2, -0.15) is 5.26 Å². The van der Waals surface area contributed by atoms with Gasteiger partial charge in [-0.25, -0.2) is 22.3 Å². The zero-order chi connectivity index (χ0) is 24.9. The third-order valence-corrected chi connectivity index (χ3v) is 5.81. The van der Waals surface area contributed by atoms with Gasteiger partial charge in [0.05, 0.1) is 22.9 Å². The van der Waals surface area contributed by atoms with Crippen LogP contribution in [0.1, 0.15) is 35.6 Å². The number of carbonyl (C=O) groups is 1. The Morgan fingerprint density at radius 2 is 1.82 bits per heavy atom. The highest BCUT2D eigenvalue weighted by Crippen LogP contribution is 2.31. The number of hydrogen-bond donors (Lipinski definition) is 2. The number of benzene rings is 3. The Kier molecular flexibility index (Phi) is 7.61. The van der Waals surface area contributed by atoms with Crippen LogP contribution in [0.2, 0.25) is 0 Å². The molecular weight excluding hydrogens is 464 g/mol. The third-order valence-electron chi connectivity index (χ3n) is 4.88. The van der Waals surface area contributed by atoms with Crippen LogP contribution in [0.25, 0.3) is 0 Å². The van der Waals surface area contributed by atoms with Gasteiger partial charge in [-0.05, 0) is 66.1 Å². The van der Waals surface area contributed by atoms with Crippen molar-refractivity contribution in [3.63, 3.8) is 0 Å². The molecule has 0 aliphatic carbocycles. The molecule has 0 aliphatic rings. The number of halogens is 2. The van der Waals surface area contributed by atoms with E-state index in [0.29, 0.717) is 23.4 Å². The van der Waals surface area contributed by atoms with E-state index in [1.165, 1.54) is 36.4 Å². The number of nitrogens with one attached hydrogen (secondary N) is 1. The number of hydrogen-bond acceptors (Lipinski definition) is 5. The molecular formula is C24H21F2N3O4S. The van der Waals surface area contributed by atoms with Crippen LogP contribution in [0, 0.1) is 11.3 Å². The summed E-state index contributed by atoms with van der Waals surface area (Å²) in [5.74, 6) is 0.131. The second kappa shape index (κ2) is 10.4. The van der Waals surface area contributed by atoms with Crippen LogP contribution in [-0.4, -0.2) is 14.3 Å². The standard InChI is InChI=1S/C24H21F2N3O4S/c1-2-17-4-3-15(12-23(30)29-19-5-7-21(8-6-19)34(28,31)32)11-22(17)33-20-10-16(14-27)9-18(13-20)24(25)26/h3-11,13,24H,2,12H2,1H3,(H,29,30)(H2,28,31,32). The number of nitriles is 1. The van der Waals surface area contributed by atoms with Gasteiger partial charge < -0.3 is 10.1 Å².